The molecule has 1 unspecified atom stereocenters. The van der Waals surface area contributed by atoms with Crippen LogP contribution in [0.15, 0.2) is 17.9 Å². The van der Waals surface area contributed by atoms with Crippen molar-refractivity contribution in [2.75, 3.05) is 0 Å². The van der Waals surface area contributed by atoms with Gasteiger partial charge in [0.1, 0.15) is 0 Å². The van der Waals surface area contributed by atoms with Gasteiger partial charge in [-0.1, -0.05) is 13.3 Å². The third-order valence-electron chi connectivity index (χ3n) is 1.88. The summed E-state index contributed by atoms with van der Waals surface area (Å²) in [6.07, 6.45) is 7.77. The fourth-order valence-corrected chi connectivity index (χ4v) is 1.17. The predicted octanol–water partition coefficient (Wildman–Crippen LogP) is 1.78. The van der Waals surface area contributed by atoms with Crippen molar-refractivity contribution in [3.63, 3.8) is 0 Å². The van der Waals surface area contributed by atoms with Crippen molar-refractivity contribution in [3.8, 4) is 0 Å². The first-order valence-electron chi connectivity index (χ1n) is 4.53. The molecule has 0 spiro atoms. The molecule has 1 rings (SSSR count). The van der Waals surface area contributed by atoms with Crippen LogP contribution in [0.1, 0.15) is 32.6 Å². The fraction of sp³-hybridized carbons (Fsp3) is 0.600. The van der Waals surface area contributed by atoms with Gasteiger partial charge in [-0.15, -0.1) is 5.73 Å². The van der Waals surface area contributed by atoms with Gasteiger partial charge in [-0.05, 0) is 25.0 Å². The van der Waals surface area contributed by atoms with Crippen LogP contribution < -0.4 is 5.32 Å². The summed E-state index contributed by atoms with van der Waals surface area (Å²) in [5.74, 6) is 0.161. The Bertz CT molecular complexity index is 214. The predicted molar refractivity (Wildman–Crippen MR) is 48.7 cm³/mol. The molecule has 0 aromatic carbocycles. The van der Waals surface area contributed by atoms with E-state index in [1.807, 2.05) is 12.2 Å². The zero-order valence-electron chi connectivity index (χ0n) is 7.47. The molecule has 66 valence electrons. The molecule has 1 atom stereocenters. The van der Waals surface area contributed by atoms with E-state index >= 15 is 0 Å². The fourth-order valence-electron chi connectivity index (χ4n) is 1.17. The van der Waals surface area contributed by atoms with Gasteiger partial charge in [-0.2, -0.15) is 0 Å². The first-order valence-corrected chi connectivity index (χ1v) is 4.53. The highest BCUT2D eigenvalue weighted by Crippen LogP contribution is 2.06. The summed E-state index contributed by atoms with van der Waals surface area (Å²) in [5.41, 5.74) is 3.08. The van der Waals surface area contributed by atoms with Gasteiger partial charge < -0.3 is 5.32 Å². The topological polar surface area (TPSA) is 29.1 Å². The Balaban J connectivity index is 2.31. The number of hydrogen-bond acceptors (Lipinski definition) is 1. The van der Waals surface area contributed by atoms with Gasteiger partial charge in [0.05, 0.1) is 6.04 Å². The highest BCUT2D eigenvalue weighted by Gasteiger charge is 2.17. The van der Waals surface area contributed by atoms with E-state index in [1.165, 1.54) is 0 Å². The summed E-state index contributed by atoms with van der Waals surface area (Å²) in [7, 11) is 0. The summed E-state index contributed by atoms with van der Waals surface area (Å²) in [6.45, 7) is 2.13. The van der Waals surface area contributed by atoms with Crippen molar-refractivity contribution in [2.45, 2.75) is 38.6 Å². The number of unbranched alkanes of at least 4 members (excludes halogenated alkanes) is 1. The van der Waals surface area contributed by atoms with Crippen LogP contribution in [0.4, 0.5) is 0 Å². The molecule has 1 aliphatic heterocycles. The summed E-state index contributed by atoms with van der Waals surface area (Å²) in [5, 5.41) is 2.85. The first-order chi connectivity index (χ1) is 5.83. The lowest BCUT2D eigenvalue weighted by Crippen LogP contribution is -2.22. The minimum atomic E-state index is 0.161. The minimum Gasteiger partial charge on any atom is -0.349 e. The third kappa shape index (κ3) is 2.93. The van der Waals surface area contributed by atoms with Crippen molar-refractivity contribution >= 4 is 5.91 Å². The van der Waals surface area contributed by atoms with Crippen LogP contribution >= 0.6 is 0 Å². The van der Waals surface area contributed by atoms with Crippen LogP contribution in [-0.4, -0.2) is 11.9 Å². The van der Waals surface area contributed by atoms with Crippen LogP contribution in [0.2, 0.25) is 0 Å². The lowest BCUT2D eigenvalue weighted by molar-refractivity contribution is -0.119. The Morgan fingerprint density at radius 1 is 1.75 bits per heavy atom. The second kappa shape index (κ2) is 4.78. The molecule has 1 N–H and O–H groups in total. The maximum atomic E-state index is 10.8. The summed E-state index contributed by atoms with van der Waals surface area (Å²) in [4.78, 5) is 10.8. The molecule has 0 saturated carbocycles. The Kier molecular flexibility index (Phi) is 3.62. The number of nitrogens with one attached hydrogen (secondary N) is 1. The molecule has 1 heterocycles. The van der Waals surface area contributed by atoms with E-state index in [9.17, 15) is 4.79 Å². The molecule has 1 amide bonds. The Hall–Kier alpha value is -1.01. The van der Waals surface area contributed by atoms with Crippen molar-refractivity contribution in [3.05, 3.63) is 17.9 Å². The van der Waals surface area contributed by atoms with E-state index < -0.39 is 0 Å². The molecule has 2 heteroatoms. The number of hydrogen-bond donors (Lipinski definition) is 1. The summed E-state index contributed by atoms with van der Waals surface area (Å²) >= 11 is 0. The number of rotatable bonds is 3. The zero-order chi connectivity index (χ0) is 8.81. The van der Waals surface area contributed by atoms with Crippen LogP contribution in [0, 0.1) is 0 Å². The van der Waals surface area contributed by atoms with E-state index in [2.05, 4.69) is 18.0 Å². The molecule has 1 aliphatic rings. The van der Waals surface area contributed by atoms with Crippen LogP contribution in [0.25, 0.3) is 0 Å². The van der Waals surface area contributed by atoms with Gasteiger partial charge in [-0.25, -0.2) is 0 Å². The zero-order valence-corrected chi connectivity index (χ0v) is 7.47. The molecule has 0 aromatic heterocycles. The molecular formula is C10H15NO. The molecule has 0 aliphatic carbocycles. The van der Waals surface area contributed by atoms with Crippen molar-refractivity contribution < 1.29 is 4.79 Å². The lowest BCUT2D eigenvalue weighted by Gasteiger charge is -1.98. The third-order valence-corrected chi connectivity index (χ3v) is 1.88. The van der Waals surface area contributed by atoms with Crippen molar-refractivity contribution in [1.29, 1.82) is 0 Å². The average Bonchev–Trinajstić information content (AvgIpc) is 2.45. The molecular weight excluding hydrogens is 150 g/mol. The second-order valence-corrected chi connectivity index (χ2v) is 3.04. The maximum absolute atomic E-state index is 10.8. The maximum Gasteiger partial charge on any atom is 0.220 e. The molecule has 2 nitrogen and oxygen atoms in total. The molecule has 1 fully saturated rings. The van der Waals surface area contributed by atoms with Gasteiger partial charge >= 0.3 is 0 Å². The highest BCUT2D eigenvalue weighted by molar-refractivity contribution is 5.78. The van der Waals surface area contributed by atoms with E-state index in [4.69, 9.17) is 0 Å². The van der Waals surface area contributed by atoms with Crippen LogP contribution in [-0.2, 0) is 4.79 Å². The number of carbonyl (C=O) groups excluding carboxylic acids is 1. The van der Waals surface area contributed by atoms with Gasteiger partial charge in [0, 0.05) is 6.42 Å². The van der Waals surface area contributed by atoms with E-state index in [-0.39, 0.29) is 11.9 Å². The van der Waals surface area contributed by atoms with Crippen molar-refractivity contribution in [2.24, 2.45) is 0 Å². The SMILES string of the molecule is CCCC=C=CC1CCC(=O)N1. The van der Waals surface area contributed by atoms with Gasteiger partial charge in [0.2, 0.25) is 5.91 Å². The minimum absolute atomic E-state index is 0.161. The van der Waals surface area contributed by atoms with E-state index in [1.54, 1.807) is 0 Å². The normalized spacial score (nSPS) is 21.4. The first kappa shape index (κ1) is 9.08. The number of carbonyl (C=O) groups is 1. The summed E-state index contributed by atoms with van der Waals surface area (Å²) < 4.78 is 0. The molecule has 12 heavy (non-hydrogen) atoms. The van der Waals surface area contributed by atoms with E-state index in [0.29, 0.717) is 6.42 Å². The number of amides is 1. The smallest absolute Gasteiger partial charge is 0.220 e. The molecule has 0 aromatic rings. The lowest BCUT2D eigenvalue weighted by atomic mass is 10.2. The van der Waals surface area contributed by atoms with Crippen molar-refractivity contribution in [1.82, 2.24) is 5.32 Å². The second-order valence-electron chi connectivity index (χ2n) is 3.04. The molecule has 1 saturated heterocycles. The Morgan fingerprint density at radius 2 is 2.58 bits per heavy atom. The Labute approximate surface area is 73.4 Å². The Morgan fingerprint density at radius 3 is 3.17 bits per heavy atom. The molecule has 0 radical (unpaired) electrons. The van der Waals surface area contributed by atoms with Gasteiger partial charge in [0.15, 0.2) is 0 Å². The summed E-state index contributed by atoms with van der Waals surface area (Å²) in [6, 6.07) is 0.227. The van der Waals surface area contributed by atoms with E-state index in [0.717, 1.165) is 19.3 Å². The standard InChI is InChI=1S/C10H15NO/c1-2-3-4-5-6-9-7-8-10(12)11-9/h4,6,9H,2-3,7-8H2,1H3,(H,11,12). The van der Waals surface area contributed by atoms with Gasteiger partial charge in [-0.3, -0.25) is 4.79 Å². The quantitative estimate of drug-likeness (QED) is 0.634. The highest BCUT2D eigenvalue weighted by atomic mass is 16.1. The largest absolute Gasteiger partial charge is 0.349 e. The monoisotopic (exact) mass is 165 g/mol. The van der Waals surface area contributed by atoms with Crippen LogP contribution in [0.3, 0.4) is 0 Å². The van der Waals surface area contributed by atoms with Crippen LogP contribution in [0.5, 0.6) is 0 Å². The van der Waals surface area contributed by atoms with Gasteiger partial charge in [0.25, 0.3) is 0 Å². The molecule has 0 bridgehead atoms. The average molecular weight is 165 g/mol.